The van der Waals surface area contributed by atoms with Crippen molar-refractivity contribution in [2.24, 2.45) is 0 Å². The van der Waals surface area contributed by atoms with Crippen molar-refractivity contribution in [3.8, 4) is 5.75 Å². The molecule has 2 aromatic rings. The molecule has 30 heavy (non-hydrogen) atoms. The van der Waals surface area contributed by atoms with Crippen LogP contribution in [0.4, 0.5) is 11.4 Å². The van der Waals surface area contributed by atoms with Crippen molar-refractivity contribution in [3.05, 3.63) is 74.4 Å². The monoisotopic (exact) mass is 447 g/mol. The summed E-state index contributed by atoms with van der Waals surface area (Å²) < 4.78 is 5.23. The van der Waals surface area contributed by atoms with Gasteiger partial charge in [-0.2, -0.15) is 0 Å². The Morgan fingerprint density at radius 1 is 1.33 bits per heavy atom. The molecule has 2 N–H and O–H groups in total. The van der Waals surface area contributed by atoms with Crippen LogP contribution in [0.1, 0.15) is 25.5 Å². The summed E-state index contributed by atoms with van der Waals surface area (Å²) in [7, 11) is 0. The number of thiocarbonyl (C=S) groups is 1. The topological polar surface area (TPSA) is 105 Å². The van der Waals surface area contributed by atoms with E-state index in [1.807, 2.05) is 0 Å². The summed E-state index contributed by atoms with van der Waals surface area (Å²) >= 11 is 11.5. The summed E-state index contributed by atoms with van der Waals surface area (Å²) in [6, 6.07) is 10.0. The Bertz CT molecular complexity index is 1050. The Morgan fingerprint density at radius 3 is 2.60 bits per heavy atom. The van der Waals surface area contributed by atoms with E-state index in [9.17, 15) is 20.0 Å². The van der Waals surface area contributed by atoms with Crippen LogP contribution >= 0.6 is 23.8 Å². The van der Waals surface area contributed by atoms with Crippen LogP contribution in [0, 0.1) is 10.1 Å². The van der Waals surface area contributed by atoms with Gasteiger partial charge in [0.25, 0.3) is 0 Å². The minimum Gasteiger partial charge on any atom is -0.502 e. The quantitative estimate of drug-likeness (QED) is 0.303. The number of allylic oxidation sites excluding steroid dienone is 1. The highest BCUT2D eigenvalue weighted by Crippen LogP contribution is 2.37. The third kappa shape index (κ3) is 4.07. The van der Waals surface area contributed by atoms with Crippen LogP contribution in [0.5, 0.6) is 5.75 Å². The van der Waals surface area contributed by atoms with Gasteiger partial charge in [-0.15, -0.1) is 0 Å². The molecule has 156 valence electrons. The minimum atomic E-state index is -0.792. The zero-order valence-electron chi connectivity index (χ0n) is 16.1. The first-order valence-corrected chi connectivity index (χ1v) is 9.74. The van der Waals surface area contributed by atoms with E-state index in [1.54, 1.807) is 43.0 Å². The summed E-state index contributed by atoms with van der Waals surface area (Å²) in [5, 5.41) is 24.9. The highest BCUT2D eigenvalue weighted by atomic mass is 35.5. The molecule has 0 radical (unpaired) electrons. The highest BCUT2D eigenvalue weighted by Gasteiger charge is 2.36. The van der Waals surface area contributed by atoms with Crippen molar-refractivity contribution in [2.45, 2.75) is 19.9 Å². The van der Waals surface area contributed by atoms with Gasteiger partial charge in [0, 0.05) is 22.5 Å². The lowest BCUT2D eigenvalue weighted by molar-refractivity contribution is -0.385. The van der Waals surface area contributed by atoms with Crippen LogP contribution in [0.3, 0.4) is 0 Å². The van der Waals surface area contributed by atoms with Crippen molar-refractivity contribution in [1.29, 1.82) is 0 Å². The van der Waals surface area contributed by atoms with Gasteiger partial charge in [0.1, 0.15) is 0 Å². The first kappa shape index (κ1) is 21.5. The molecule has 1 atom stereocenters. The molecule has 0 spiro atoms. The number of hydrogen-bond donors (Lipinski definition) is 2. The Kier molecular flexibility index (Phi) is 6.23. The van der Waals surface area contributed by atoms with Gasteiger partial charge in [0.05, 0.1) is 23.1 Å². The molecule has 1 aliphatic rings. The van der Waals surface area contributed by atoms with Crippen molar-refractivity contribution in [2.75, 3.05) is 11.5 Å². The van der Waals surface area contributed by atoms with E-state index in [-0.39, 0.29) is 12.2 Å². The van der Waals surface area contributed by atoms with Crippen LogP contribution in [0.2, 0.25) is 5.02 Å². The lowest BCUT2D eigenvalue weighted by atomic mass is 9.94. The molecule has 0 bridgehead atoms. The predicted octanol–water partition coefficient (Wildman–Crippen LogP) is 4.23. The average Bonchev–Trinajstić information content (AvgIpc) is 2.69. The molecular weight excluding hydrogens is 430 g/mol. The van der Waals surface area contributed by atoms with E-state index in [2.05, 4.69) is 5.32 Å². The van der Waals surface area contributed by atoms with Crippen LogP contribution in [-0.4, -0.2) is 27.7 Å². The van der Waals surface area contributed by atoms with E-state index in [0.717, 1.165) is 0 Å². The summed E-state index contributed by atoms with van der Waals surface area (Å²) in [4.78, 5) is 25.0. The number of nitro groups is 1. The predicted molar refractivity (Wildman–Crippen MR) is 116 cm³/mol. The lowest BCUT2D eigenvalue weighted by Gasteiger charge is -2.37. The zero-order valence-corrected chi connectivity index (χ0v) is 17.7. The molecule has 0 saturated heterocycles. The molecule has 2 aromatic carbocycles. The number of benzene rings is 2. The number of carbonyl (C=O) groups excluding carboxylic acids is 1. The van der Waals surface area contributed by atoms with Crippen molar-refractivity contribution in [3.63, 3.8) is 0 Å². The van der Waals surface area contributed by atoms with Crippen LogP contribution in [0.25, 0.3) is 0 Å². The second-order valence-electron chi connectivity index (χ2n) is 6.42. The van der Waals surface area contributed by atoms with Crippen LogP contribution in [-0.2, 0) is 9.53 Å². The average molecular weight is 448 g/mol. The molecular formula is C20H18ClN3O5S. The van der Waals surface area contributed by atoms with Crippen LogP contribution in [0.15, 0.2) is 53.7 Å². The molecule has 1 unspecified atom stereocenters. The fourth-order valence-electron chi connectivity index (χ4n) is 3.23. The van der Waals surface area contributed by atoms with Crippen molar-refractivity contribution in [1.82, 2.24) is 5.32 Å². The second-order valence-corrected chi connectivity index (χ2v) is 7.24. The zero-order chi connectivity index (χ0) is 22.0. The Balaban J connectivity index is 2.16. The largest absolute Gasteiger partial charge is 0.502 e. The van der Waals surface area contributed by atoms with Crippen LogP contribution < -0.4 is 10.2 Å². The number of phenols is 1. The SMILES string of the molecule is CCOC(=O)C1=C(C)N(c2ccc(Cl)cc2)C(=S)NC1c1ccc(O)c([N+](=O)[O-])c1. The molecule has 10 heteroatoms. The number of nitrogens with one attached hydrogen (secondary N) is 1. The van der Waals surface area contributed by atoms with Gasteiger partial charge in [-0.25, -0.2) is 4.79 Å². The lowest BCUT2D eigenvalue weighted by Crippen LogP contribution is -2.48. The number of halogens is 1. The fourth-order valence-corrected chi connectivity index (χ4v) is 3.72. The van der Waals surface area contributed by atoms with E-state index in [4.69, 9.17) is 28.6 Å². The number of phenolic OH excluding ortho intramolecular Hbond substituents is 1. The molecule has 0 fully saturated rings. The third-order valence-corrected chi connectivity index (χ3v) is 5.15. The van der Waals surface area contributed by atoms with E-state index < -0.39 is 28.4 Å². The Morgan fingerprint density at radius 2 is 2.00 bits per heavy atom. The first-order valence-electron chi connectivity index (χ1n) is 8.96. The summed E-state index contributed by atoms with van der Waals surface area (Å²) in [5.41, 5.74) is 1.37. The molecule has 0 saturated carbocycles. The molecule has 1 aliphatic heterocycles. The van der Waals surface area contributed by atoms with E-state index in [1.165, 1.54) is 18.2 Å². The summed E-state index contributed by atoms with van der Waals surface area (Å²) in [6.45, 7) is 3.56. The number of esters is 1. The van der Waals surface area contributed by atoms with Gasteiger partial charge in [0.2, 0.25) is 0 Å². The van der Waals surface area contributed by atoms with E-state index >= 15 is 0 Å². The molecule has 0 aromatic heterocycles. The maximum Gasteiger partial charge on any atom is 0.338 e. The highest BCUT2D eigenvalue weighted by molar-refractivity contribution is 7.80. The second kappa shape index (κ2) is 8.68. The molecule has 0 amide bonds. The van der Waals surface area contributed by atoms with Gasteiger partial charge in [0.15, 0.2) is 10.9 Å². The van der Waals surface area contributed by atoms with Gasteiger partial charge in [-0.3, -0.25) is 15.0 Å². The summed E-state index contributed by atoms with van der Waals surface area (Å²) in [6.07, 6.45) is 0. The van der Waals surface area contributed by atoms with Gasteiger partial charge in [-0.05, 0) is 62.0 Å². The van der Waals surface area contributed by atoms with E-state index in [0.29, 0.717) is 27.1 Å². The molecule has 3 rings (SSSR count). The first-order chi connectivity index (χ1) is 14.2. The van der Waals surface area contributed by atoms with Gasteiger partial charge < -0.3 is 15.2 Å². The molecule has 0 aliphatic carbocycles. The summed E-state index contributed by atoms with van der Waals surface area (Å²) in [5.74, 6) is -1.05. The number of anilines is 1. The Labute approximate surface area is 182 Å². The maximum absolute atomic E-state index is 12.8. The number of carbonyl (C=O) groups is 1. The smallest absolute Gasteiger partial charge is 0.338 e. The normalized spacial score (nSPS) is 16.3. The van der Waals surface area contributed by atoms with Gasteiger partial charge in [-0.1, -0.05) is 17.7 Å². The number of nitrogens with zero attached hydrogens (tertiary/aromatic N) is 2. The minimum absolute atomic E-state index is 0.156. The number of nitro benzene ring substituents is 1. The number of aromatic hydroxyl groups is 1. The van der Waals surface area contributed by atoms with Crippen molar-refractivity contribution < 1.29 is 19.6 Å². The van der Waals surface area contributed by atoms with Gasteiger partial charge >= 0.3 is 11.7 Å². The molecule has 1 heterocycles. The fraction of sp³-hybridized carbons (Fsp3) is 0.200. The number of rotatable bonds is 5. The number of hydrogen-bond acceptors (Lipinski definition) is 6. The Hall–Kier alpha value is -3.17. The standard InChI is InChI=1S/C20H18ClN3O5S/c1-3-29-19(26)17-11(2)23(14-7-5-13(21)6-8-14)20(30)22-18(17)12-4-9-16(25)15(10-12)24(27)28/h4-10,18,25H,3H2,1-2H3,(H,22,30). The third-order valence-electron chi connectivity index (χ3n) is 4.59. The number of ether oxygens (including phenoxy) is 1. The van der Waals surface area contributed by atoms with Crippen molar-refractivity contribution >= 4 is 46.3 Å². The molecule has 8 nitrogen and oxygen atoms in total. The maximum atomic E-state index is 12.8.